The molecule has 5 rings (SSSR count). The summed E-state index contributed by atoms with van der Waals surface area (Å²) in [6.45, 7) is 8.04. The minimum atomic E-state index is -1.29. The number of carboxylic acids is 1. The lowest BCUT2D eigenvalue weighted by molar-refractivity contribution is -0.138. The van der Waals surface area contributed by atoms with E-state index in [0.29, 0.717) is 56.0 Å². The number of urea groups is 1. The smallest absolute Gasteiger partial charge is 0.341 e. The van der Waals surface area contributed by atoms with Crippen LogP contribution in [-0.2, 0) is 16.1 Å². The second-order valence-electron chi connectivity index (χ2n) is 12.0. The number of rotatable bonds is 12. The molecular weight excluding hydrogens is 600 g/mol. The van der Waals surface area contributed by atoms with E-state index in [1.54, 1.807) is 9.47 Å². The lowest BCUT2D eigenvalue weighted by Crippen LogP contribution is -2.57. The van der Waals surface area contributed by atoms with Gasteiger partial charge in [0.2, 0.25) is 23.2 Å². The van der Waals surface area contributed by atoms with Crippen molar-refractivity contribution in [3.05, 3.63) is 28.2 Å². The number of nitrogens with zero attached hydrogens (tertiary/aromatic N) is 5. The average molecular weight is 643 g/mol. The maximum Gasteiger partial charge on any atom is 0.341 e. The Morgan fingerprint density at radius 2 is 1.89 bits per heavy atom. The van der Waals surface area contributed by atoms with Crippen molar-refractivity contribution in [3.63, 3.8) is 0 Å². The molecule has 3 aliphatic rings. The van der Waals surface area contributed by atoms with Crippen LogP contribution >= 0.6 is 11.8 Å². The standard InChI is InChI=1S/C30H42N8O6S/c1-4-17(3)23(33-22(39)9-7-6-8-21-24-20(16-45-21)32-30(44)34-24)27(41)37-10-12-38(13-11-37)29-31-14-18-25(40)19(28(42)43)15-36(5-2)26(18)35-29/h14-15,17,20-21,23-24H,4-13,16H2,1-3H3,(H,33,39)(H,42,43)(H2,32,34,44)/t17-,20-,21-,23-,24-/m0/s1. The van der Waals surface area contributed by atoms with Crippen molar-refractivity contribution in [3.8, 4) is 0 Å². The van der Waals surface area contributed by atoms with E-state index in [-0.39, 0.29) is 46.8 Å². The molecule has 3 saturated heterocycles. The zero-order valence-corrected chi connectivity index (χ0v) is 26.8. The van der Waals surface area contributed by atoms with Gasteiger partial charge in [-0.05, 0) is 25.7 Å². The zero-order chi connectivity index (χ0) is 32.2. The van der Waals surface area contributed by atoms with Gasteiger partial charge in [-0.1, -0.05) is 26.7 Å². The summed E-state index contributed by atoms with van der Waals surface area (Å²) in [4.78, 5) is 75.0. The number of aromatic nitrogens is 3. The number of pyridine rings is 1. The molecule has 0 bridgehead atoms. The molecule has 4 N–H and O–H groups in total. The third-order valence-electron chi connectivity index (χ3n) is 9.12. The number of carbonyl (C=O) groups excluding carboxylic acids is 3. The quantitative estimate of drug-likeness (QED) is 0.195. The summed E-state index contributed by atoms with van der Waals surface area (Å²) in [5, 5.41) is 18.9. The van der Waals surface area contributed by atoms with E-state index in [2.05, 4.69) is 25.9 Å². The number of hydrogen-bond acceptors (Lipinski definition) is 9. The number of aromatic carboxylic acids is 1. The maximum atomic E-state index is 13.6. The molecule has 2 aromatic rings. The largest absolute Gasteiger partial charge is 0.477 e. The Kier molecular flexibility index (Phi) is 10.1. The van der Waals surface area contributed by atoms with Crippen LogP contribution in [0.25, 0.3) is 11.0 Å². The number of anilines is 1. The van der Waals surface area contributed by atoms with Crippen LogP contribution in [0, 0.1) is 5.92 Å². The molecular formula is C30H42N8O6S. The number of hydrogen-bond donors (Lipinski definition) is 4. The molecule has 0 unspecified atom stereocenters. The van der Waals surface area contributed by atoms with Gasteiger partial charge in [-0.15, -0.1) is 0 Å². The molecule has 2 aromatic heterocycles. The Hall–Kier alpha value is -3.88. The number of amides is 4. The molecule has 5 heterocycles. The highest BCUT2D eigenvalue weighted by molar-refractivity contribution is 8.00. The average Bonchev–Trinajstić information content (AvgIpc) is 3.60. The first-order chi connectivity index (χ1) is 21.6. The fourth-order valence-corrected chi connectivity index (χ4v) is 7.78. The predicted octanol–water partition coefficient (Wildman–Crippen LogP) is 1.41. The highest BCUT2D eigenvalue weighted by Crippen LogP contribution is 2.33. The lowest BCUT2D eigenvalue weighted by atomic mass is 9.97. The van der Waals surface area contributed by atoms with E-state index in [9.17, 15) is 29.1 Å². The van der Waals surface area contributed by atoms with Crippen molar-refractivity contribution in [2.24, 2.45) is 5.92 Å². The second-order valence-corrected chi connectivity index (χ2v) is 13.3. The lowest BCUT2D eigenvalue weighted by Gasteiger charge is -2.37. The molecule has 0 spiro atoms. The third kappa shape index (κ3) is 7.02. The van der Waals surface area contributed by atoms with Crippen LogP contribution in [0.2, 0.25) is 0 Å². The van der Waals surface area contributed by atoms with Crippen LogP contribution in [0.1, 0.15) is 63.2 Å². The first-order valence-electron chi connectivity index (χ1n) is 15.8. The monoisotopic (exact) mass is 642 g/mol. The minimum Gasteiger partial charge on any atom is -0.477 e. The molecule has 0 aromatic carbocycles. The van der Waals surface area contributed by atoms with Gasteiger partial charge in [0.25, 0.3) is 0 Å². The van der Waals surface area contributed by atoms with E-state index in [1.165, 1.54) is 12.4 Å². The molecule has 3 aliphatic heterocycles. The van der Waals surface area contributed by atoms with E-state index >= 15 is 0 Å². The molecule has 14 nitrogen and oxygen atoms in total. The van der Waals surface area contributed by atoms with Gasteiger partial charge in [-0.3, -0.25) is 14.4 Å². The molecule has 0 saturated carbocycles. The predicted molar refractivity (Wildman–Crippen MR) is 171 cm³/mol. The fraction of sp³-hybridized carbons (Fsp3) is 0.633. The number of fused-ring (bicyclic) bond motifs is 2. The molecule has 0 radical (unpaired) electrons. The third-order valence-corrected chi connectivity index (χ3v) is 10.6. The maximum absolute atomic E-state index is 13.6. The van der Waals surface area contributed by atoms with E-state index in [1.807, 2.05) is 37.4 Å². The Balaban J connectivity index is 1.14. The van der Waals surface area contributed by atoms with Crippen LogP contribution < -0.4 is 26.3 Å². The number of unbranched alkanes of at least 4 members (excludes halogenated alkanes) is 1. The molecule has 3 fully saturated rings. The van der Waals surface area contributed by atoms with Gasteiger partial charge in [0, 0.05) is 62.5 Å². The summed E-state index contributed by atoms with van der Waals surface area (Å²) in [5.41, 5.74) is -0.580. The van der Waals surface area contributed by atoms with E-state index in [4.69, 9.17) is 0 Å². The molecule has 5 atom stereocenters. The van der Waals surface area contributed by atoms with Crippen molar-refractivity contribution >= 4 is 52.6 Å². The van der Waals surface area contributed by atoms with E-state index < -0.39 is 17.4 Å². The van der Waals surface area contributed by atoms with Crippen LogP contribution in [-0.4, -0.2) is 104 Å². The van der Waals surface area contributed by atoms with Gasteiger partial charge >= 0.3 is 12.0 Å². The van der Waals surface area contributed by atoms with Crippen LogP contribution in [0.4, 0.5) is 10.7 Å². The van der Waals surface area contributed by atoms with Gasteiger partial charge in [-0.2, -0.15) is 16.7 Å². The number of thioether (sulfide) groups is 1. The zero-order valence-electron chi connectivity index (χ0n) is 26.0. The van der Waals surface area contributed by atoms with Crippen LogP contribution in [0.5, 0.6) is 0 Å². The summed E-state index contributed by atoms with van der Waals surface area (Å²) in [6.07, 6.45) is 6.29. The van der Waals surface area contributed by atoms with Gasteiger partial charge in [0.05, 0.1) is 17.5 Å². The van der Waals surface area contributed by atoms with Gasteiger partial charge in [-0.25, -0.2) is 14.6 Å². The summed E-state index contributed by atoms with van der Waals surface area (Å²) < 4.78 is 1.62. The molecule has 4 amide bonds. The molecule has 15 heteroatoms. The Labute approximate surface area is 265 Å². The number of carboxylic acid groups (broad SMARTS) is 1. The summed E-state index contributed by atoms with van der Waals surface area (Å²) >= 11 is 1.86. The van der Waals surface area contributed by atoms with Crippen molar-refractivity contribution in [1.29, 1.82) is 0 Å². The Morgan fingerprint density at radius 3 is 2.58 bits per heavy atom. The van der Waals surface area contributed by atoms with Crippen molar-refractivity contribution in [1.82, 2.24) is 35.4 Å². The summed E-state index contributed by atoms with van der Waals surface area (Å²) in [5.74, 6) is -0.239. The van der Waals surface area contributed by atoms with Gasteiger partial charge < -0.3 is 35.4 Å². The minimum absolute atomic E-state index is 0.0323. The number of carbonyl (C=O) groups is 4. The highest BCUT2D eigenvalue weighted by Gasteiger charge is 2.42. The van der Waals surface area contributed by atoms with Crippen molar-refractivity contribution in [2.75, 3.05) is 36.8 Å². The van der Waals surface area contributed by atoms with Crippen molar-refractivity contribution < 1.29 is 24.3 Å². The first-order valence-corrected chi connectivity index (χ1v) is 16.8. The molecule has 0 aliphatic carbocycles. The Bertz CT molecular complexity index is 1510. The number of piperazine rings is 1. The molecule has 244 valence electrons. The van der Waals surface area contributed by atoms with Crippen LogP contribution in [0.3, 0.4) is 0 Å². The highest BCUT2D eigenvalue weighted by atomic mass is 32.2. The SMILES string of the molecule is CC[C@H](C)[C@H](NC(=O)CCCC[C@@H]1SC[C@@H]2NC(=O)N[C@@H]21)C(=O)N1CCN(c2ncc3c(=O)c(C(=O)O)cn(CC)c3n2)CC1. The van der Waals surface area contributed by atoms with Gasteiger partial charge in [0.15, 0.2) is 0 Å². The van der Waals surface area contributed by atoms with Crippen molar-refractivity contribution in [2.45, 2.75) is 82.8 Å². The normalized spacial score (nSPS) is 22.5. The summed E-state index contributed by atoms with van der Waals surface area (Å²) in [7, 11) is 0. The fourth-order valence-electron chi connectivity index (χ4n) is 6.24. The van der Waals surface area contributed by atoms with Gasteiger partial charge in [0.1, 0.15) is 17.3 Å². The topological polar surface area (TPSA) is 179 Å². The molecule has 45 heavy (non-hydrogen) atoms. The number of nitrogens with one attached hydrogen (secondary N) is 3. The number of aryl methyl sites for hydroxylation is 1. The second kappa shape index (κ2) is 14.0. The first kappa shape index (κ1) is 32.5. The van der Waals surface area contributed by atoms with Crippen LogP contribution in [0.15, 0.2) is 17.2 Å². The Morgan fingerprint density at radius 1 is 1.13 bits per heavy atom. The summed E-state index contributed by atoms with van der Waals surface area (Å²) in [6, 6.07) is -0.365. The van der Waals surface area contributed by atoms with E-state index in [0.717, 1.165) is 31.4 Å².